The molecule has 0 aliphatic rings. The normalized spacial score (nSPS) is 9.38. The van der Waals surface area contributed by atoms with Crippen LogP contribution in [-0.4, -0.2) is 24.9 Å². The van der Waals surface area contributed by atoms with Crippen molar-refractivity contribution in [1.29, 1.82) is 0 Å². The number of aliphatic hydroxyl groups excluding tert-OH is 1. The molecule has 0 bridgehead atoms. The maximum atomic E-state index is 11.3. The molecular formula is C9H11NO3. The van der Waals surface area contributed by atoms with Gasteiger partial charge in [0.15, 0.2) is 0 Å². The molecule has 4 nitrogen and oxygen atoms in total. The van der Waals surface area contributed by atoms with Crippen molar-refractivity contribution in [1.82, 2.24) is 5.32 Å². The van der Waals surface area contributed by atoms with Crippen molar-refractivity contribution in [3.63, 3.8) is 0 Å². The molecule has 0 aromatic heterocycles. The fraction of sp³-hybridized carbons (Fsp3) is 0.222. The predicted octanol–water partition coefficient (Wildman–Crippen LogP) is 0.375. The van der Waals surface area contributed by atoms with E-state index in [1.165, 1.54) is 7.11 Å². The van der Waals surface area contributed by atoms with Crippen LogP contribution < -0.4 is 10.1 Å². The van der Waals surface area contributed by atoms with Crippen LogP contribution in [0.1, 0.15) is 10.4 Å². The molecular weight excluding hydrogens is 170 g/mol. The third-order valence-corrected chi connectivity index (χ3v) is 1.59. The van der Waals surface area contributed by atoms with E-state index in [4.69, 9.17) is 9.84 Å². The molecule has 0 saturated heterocycles. The Hall–Kier alpha value is -1.55. The van der Waals surface area contributed by atoms with Gasteiger partial charge in [-0.3, -0.25) is 4.79 Å². The smallest absolute Gasteiger partial charge is 0.256 e. The number of methoxy groups -OCH3 is 1. The number of carbonyl (C=O) groups excluding carboxylic acids is 1. The summed E-state index contributed by atoms with van der Waals surface area (Å²) in [5.74, 6) is 0.147. The Morgan fingerprint density at radius 1 is 1.54 bits per heavy atom. The predicted molar refractivity (Wildman–Crippen MR) is 47.5 cm³/mol. The Morgan fingerprint density at radius 2 is 2.23 bits per heavy atom. The summed E-state index contributed by atoms with van der Waals surface area (Å²) in [5.41, 5.74) is 0.416. The molecule has 0 heterocycles. The lowest BCUT2D eigenvalue weighted by atomic mass is 10.2. The Kier molecular flexibility index (Phi) is 3.28. The van der Waals surface area contributed by atoms with Gasteiger partial charge in [0.2, 0.25) is 0 Å². The fourth-order valence-electron chi connectivity index (χ4n) is 0.999. The van der Waals surface area contributed by atoms with Crippen molar-refractivity contribution in [3.05, 3.63) is 29.8 Å². The first-order chi connectivity index (χ1) is 6.29. The minimum Gasteiger partial charge on any atom is -0.496 e. The first-order valence-electron chi connectivity index (χ1n) is 3.81. The molecule has 0 radical (unpaired) electrons. The number of carbonyl (C=O) groups is 1. The molecule has 1 aromatic carbocycles. The summed E-state index contributed by atoms with van der Waals surface area (Å²) in [6.45, 7) is -0.378. The zero-order valence-electron chi connectivity index (χ0n) is 7.28. The van der Waals surface area contributed by atoms with Gasteiger partial charge in [0.05, 0.1) is 12.7 Å². The van der Waals surface area contributed by atoms with Crippen LogP contribution in [0.2, 0.25) is 0 Å². The number of hydrogen-bond donors (Lipinski definition) is 2. The van der Waals surface area contributed by atoms with Crippen LogP contribution in [0.25, 0.3) is 0 Å². The van der Waals surface area contributed by atoms with Crippen molar-refractivity contribution in [2.45, 2.75) is 0 Å². The van der Waals surface area contributed by atoms with Crippen LogP contribution in [0.5, 0.6) is 5.75 Å². The highest BCUT2D eigenvalue weighted by atomic mass is 16.5. The number of nitrogens with one attached hydrogen (secondary N) is 1. The van der Waals surface area contributed by atoms with Crippen LogP contribution in [0.4, 0.5) is 0 Å². The summed E-state index contributed by atoms with van der Waals surface area (Å²) in [5, 5.41) is 10.8. The highest BCUT2D eigenvalue weighted by molar-refractivity contribution is 5.96. The zero-order chi connectivity index (χ0) is 9.68. The van der Waals surface area contributed by atoms with Gasteiger partial charge in [-0.2, -0.15) is 0 Å². The van der Waals surface area contributed by atoms with E-state index in [9.17, 15) is 4.79 Å². The second-order valence-electron chi connectivity index (χ2n) is 2.36. The van der Waals surface area contributed by atoms with Gasteiger partial charge in [-0.1, -0.05) is 12.1 Å². The summed E-state index contributed by atoms with van der Waals surface area (Å²) >= 11 is 0. The highest BCUT2D eigenvalue weighted by Gasteiger charge is 2.09. The molecule has 4 heteroatoms. The molecule has 0 saturated carbocycles. The van der Waals surface area contributed by atoms with E-state index in [0.29, 0.717) is 11.3 Å². The van der Waals surface area contributed by atoms with Gasteiger partial charge in [0, 0.05) is 0 Å². The van der Waals surface area contributed by atoms with Crippen molar-refractivity contribution < 1.29 is 14.6 Å². The number of para-hydroxylation sites is 1. The average molecular weight is 181 g/mol. The van der Waals surface area contributed by atoms with Crippen LogP contribution in [0.15, 0.2) is 24.3 Å². The maximum Gasteiger partial charge on any atom is 0.256 e. The topological polar surface area (TPSA) is 58.6 Å². The third kappa shape index (κ3) is 2.19. The molecule has 0 aliphatic heterocycles. The molecule has 1 aromatic rings. The Morgan fingerprint density at radius 3 is 2.85 bits per heavy atom. The number of aliphatic hydroxyl groups is 1. The SMILES string of the molecule is COc1ccccc1C(=O)NCO. The van der Waals surface area contributed by atoms with Gasteiger partial charge >= 0.3 is 0 Å². The van der Waals surface area contributed by atoms with E-state index >= 15 is 0 Å². The molecule has 0 aliphatic carbocycles. The summed E-state index contributed by atoms with van der Waals surface area (Å²) in [6, 6.07) is 6.82. The largest absolute Gasteiger partial charge is 0.496 e. The third-order valence-electron chi connectivity index (χ3n) is 1.59. The molecule has 0 unspecified atom stereocenters. The maximum absolute atomic E-state index is 11.3. The van der Waals surface area contributed by atoms with E-state index < -0.39 is 0 Å². The number of benzene rings is 1. The molecule has 1 amide bonds. The molecule has 70 valence electrons. The fourth-order valence-corrected chi connectivity index (χ4v) is 0.999. The van der Waals surface area contributed by atoms with E-state index in [1.54, 1.807) is 24.3 Å². The molecule has 13 heavy (non-hydrogen) atoms. The lowest BCUT2D eigenvalue weighted by Gasteiger charge is -2.06. The van der Waals surface area contributed by atoms with E-state index in [-0.39, 0.29) is 12.6 Å². The van der Waals surface area contributed by atoms with Gasteiger partial charge in [-0.25, -0.2) is 0 Å². The monoisotopic (exact) mass is 181 g/mol. The molecule has 0 spiro atoms. The van der Waals surface area contributed by atoms with E-state index in [1.807, 2.05) is 0 Å². The quantitative estimate of drug-likeness (QED) is 0.662. The minimum atomic E-state index is -0.378. The number of ether oxygens (including phenoxy) is 1. The zero-order valence-corrected chi connectivity index (χ0v) is 7.28. The van der Waals surface area contributed by atoms with Crippen molar-refractivity contribution in [3.8, 4) is 5.75 Å². The Bertz CT molecular complexity index is 299. The number of rotatable bonds is 3. The molecule has 0 atom stereocenters. The number of amides is 1. The second-order valence-corrected chi connectivity index (χ2v) is 2.36. The average Bonchev–Trinajstić information content (AvgIpc) is 2.18. The molecule has 1 rings (SSSR count). The van der Waals surface area contributed by atoms with Crippen LogP contribution in [-0.2, 0) is 0 Å². The summed E-state index contributed by atoms with van der Waals surface area (Å²) in [4.78, 5) is 11.3. The summed E-state index contributed by atoms with van der Waals surface area (Å²) in [7, 11) is 1.49. The first-order valence-corrected chi connectivity index (χ1v) is 3.81. The van der Waals surface area contributed by atoms with Gasteiger partial charge in [-0.05, 0) is 12.1 Å². The van der Waals surface area contributed by atoms with E-state index in [2.05, 4.69) is 5.32 Å². The standard InChI is InChI=1S/C9H11NO3/c1-13-8-5-3-2-4-7(8)9(12)10-6-11/h2-5,11H,6H2,1H3,(H,10,12). The van der Waals surface area contributed by atoms with Crippen molar-refractivity contribution in [2.75, 3.05) is 13.8 Å². The number of hydrogen-bond acceptors (Lipinski definition) is 3. The van der Waals surface area contributed by atoms with Gasteiger partial charge < -0.3 is 15.2 Å². The van der Waals surface area contributed by atoms with Crippen molar-refractivity contribution in [2.24, 2.45) is 0 Å². The molecule has 0 fully saturated rings. The lowest BCUT2D eigenvalue weighted by molar-refractivity contribution is 0.0907. The molecule has 2 N–H and O–H groups in total. The van der Waals surface area contributed by atoms with Crippen LogP contribution in [0.3, 0.4) is 0 Å². The summed E-state index contributed by atoms with van der Waals surface area (Å²) < 4.78 is 4.97. The Labute approximate surface area is 76.1 Å². The van der Waals surface area contributed by atoms with Gasteiger partial charge in [0.25, 0.3) is 5.91 Å². The minimum absolute atomic E-state index is 0.347. The van der Waals surface area contributed by atoms with Gasteiger partial charge in [-0.15, -0.1) is 0 Å². The van der Waals surface area contributed by atoms with Crippen LogP contribution in [0, 0.1) is 0 Å². The Balaban J connectivity index is 2.92. The highest BCUT2D eigenvalue weighted by Crippen LogP contribution is 2.16. The van der Waals surface area contributed by atoms with E-state index in [0.717, 1.165) is 0 Å². The summed E-state index contributed by atoms with van der Waals surface area (Å²) in [6.07, 6.45) is 0. The van der Waals surface area contributed by atoms with Crippen LogP contribution >= 0.6 is 0 Å². The lowest BCUT2D eigenvalue weighted by Crippen LogP contribution is -2.24. The van der Waals surface area contributed by atoms with Gasteiger partial charge in [0.1, 0.15) is 12.5 Å². The first kappa shape index (κ1) is 9.54. The van der Waals surface area contributed by atoms with Crippen molar-refractivity contribution >= 4 is 5.91 Å². The second kappa shape index (κ2) is 4.47.